The largest absolute Gasteiger partial charge is 0.325 e. The number of hydrogen-bond donors (Lipinski definition) is 3. The van der Waals surface area contributed by atoms with E-state index in [0.717, 1.165) is 12.5 Å². The molecule has 0 bridgehead atoms. The highest BCUT2D eigenvalue weighted by molar-refractivity contribution is 7.92. The Labute approximate surface area is 125 Å². The van der Waals surface area contributed by atoms with E-state index in [1.165, 1.54) is 12.8 Å². The summed E-state index contributed by atoms with van der Waals surface area (Å²) in [5, 5.41) is 5.88. The minimum Gasteiger partial charge on any atom is -0.325 e. The van der Waals surface area contributed by atoms with Crippen molar-refractivity contribution in [3.8, 4) is 0 Å². The second-order valence-corrected chi connectivity index (χ2v) is 7.22. The van der Waals surface area contributed by atoms with Crippen LogP contribution < -0.4 is 15.4 Å². The zero-order chi connectivity index (χ0) is 15.3. The molecule has 2 rings (SSSR count). The number of benzene rings is 1. The van der Waals surface area contributed by atoms with Crippen LogP contribution in [0.1, 0.15) is 19.8 Å². The van der Waals surface area contributed by atoms with Crippen molar-refractivity contribution in [1.82, 2.24) is 5.32 Å². The number of anilines is 2. The molecule has 1 aromatic carbocycles. The summed E-state index contributed by atoms with van der Waals surface area (Å²) in [5.74, 6) is 0.666. The average molecular weight is 311 g/mol. The molecular formula is C14H21N3O3S. The summed E-state index contributed by atoms with van der Waals surface area (Å²) in [6.45, 7) is 2.76. The van der Waals surface area contributed by atoms with Crippen molar-refractivity contribution in [2.45, 2.75) is 19.8 Å². The monoisotopic (exact) mass is 311 g/mol. The number of carbonyl (C=O) groups is 1. The third kappa shape index (κ3) is 5.73. The van der Waals surface area contributed by atoms with Crippen LogP contribution in [0.4, 0.5) is 11.4 Å². The molecule has 3 N–H and O–H groups in total. The van der Waals surface area contributed by atoms with Gasteiger partial charge in [-0.2, -0.15) is 0 Å². The van der Waals surface area contributed by atoms with Gasteiger partial charge >= 0.3 is 0 Å². The molecule has 116 valence electrons. The molecule has 0 heterocycles. The fraction of sp³-hybridized carbons (Fsp3) is 0.500. The molecule has 0 unspecified atom stereocenters. The number of amides is 1. The highest BCUT2D eigenvalue weighted by Crippen LogP contribution is 2.27. The fourth-order valence-electron chi connectivity index (χ4n) is 1.79. The van der Waals surface area contributed by atoms with Gasteiger partial charge in [0, 0.05) is 11.4 Å². The molecule has 1 fully saturated rings. The molecule has 0 atom stereocenters. The Kier molecular flexibility index (Phi) is 5.19. The van der Waals surface area contributed by atoms with Gasteiger partial charge < -0.3 is 10.6 Å². The Morgan fingerprint density at radius 2 is 1.81 bits per heavy atom. The second kappa shape index (κ2) is 6.91. The summed E-state index contributed by atoms with van der Waals surface area (Å²) in [7, 11) is -3.27. The zero-order valence-corrected chi connectivity index (χ0v) is 12.9. The van der Waals surface area contributed by atoms with Gasteiger partial charge in [-0.25, -0.2) is 8.42 Å². The number of nitrogens with one attached hydrogen (secondary N) is 3. The van der Waals surface area contributed by atoms with Gasteiger partial charge in [-0.3, -0.25) is 9.52 Å². The van der Waals surface area contributed by atoms with E-state index in [1.54, 1.807) is 31.2 Å². The average Bonchev–Trinajstić information content (AvgIpc) is 3.25. The molecule has 0 radical (unpaired) electrons. The molecule has 1 aliphatic carbocycles. The van der Waals surface area contributed by atoms with Crippen LogP contribution in [0.3, 0.4) is 0 Å². The molecule has 1 aliphatic rings. The van der Waals surface area contributed by atoms with E-state index < -0.39 is 10.0 Å². The molecule has 6 nitrogen and oxygen atoms in total. The number of sulfonamides is 1. The van der Waals surface area contributed by atoms with Crippen molar-refractivity contribution >= 4 is 27.3 Å². The van der Waals surface area contributed by atoms with Crippen LogP contribution in [0, 0.1) is 5.92 Å². The Morgan fingerprint density at radius 3 is 2.38 bits per heavy atom. The van der Waals surface area contributed by atoms with Gasteiger partial charge in [0.15, 0.2) is 0 Å². The quantitative estimate of drug-likeness (QED) is 0.677. The van der Waals surface area contributed by atoms with E-state index in [9.17, 15) is 13.2 Å². The molecule has 0 saturated heterocycles. The highest BCUT2D eigenvalue weighted by atomic mass is 32.2. The van der Waals surface area contributed by atoms with Crippen molar-refractivity contribution in [1.29, 1.82) is 0 Å². The first-order valence-corrected chi connectivity index (χ1v) is 8.75. The molecule has 1 aromatic rings. The zero-order valence-electron chi connectivity index (χ0n) is 12.1. The predicted molar refractivity (Wildman–Crippen MR) is 83.7 cm³/mol. The van der Waals surface area contributed by atoms with Crippen LogP contribution in [0.15, 0.2) is 24.3 Å². The lowest BCUT2D eigenvalue weighted by Gasteiger charge is -2.09. The van der Waals surface area contributed by atoms with Crippen LogP contribution >= 0.6 is 0 Å². The molecule has 7 heteroatoms. The molecule has 21 heavy (non-hydrogen) atoms. The minimum absolute atomic E-state index is 0.0259. The van der Waals surface area contributed by atoms with Gasteiger partial charge in [0.25, 0.3) is 0 Å². The van der Waals surface area contributed by atoms with E-state index in [-0.39, 0.29) is 11.7 Å². The summed E-state index contributed by atoms with van der Waals surface area (Å²) in [5.41, 5.74) is 1.13. The molecular weight excluding hydrogens is 290 g/mol. The van der Waals surface area contributed by atoms with Gasteiger partial charge in [-0.05, 0) is 56.5 Å². The molecule has 1 saturated carbocycles. The first-order chi connectivity index (χ1) is 9.98. The van der Waals surface area contributed by atoms with Crippen molar-refractivity contribution in [2.24, 2.45) is 5.92 Å². The minimum atomic E-state index is -3.27. The Balaban J connectivity index is 1.79. The lowest BCUT2D eigenvalue weighted by atomic mass is 10.3. The molecule has 0 spiro atoms. The van der Waals surface area contributed by atoms with E-state index >= 15 is 0 Å². The maximum Gasteiger partial charge on any atom is 0.238 e. The number of rotatable bonds is 8. The van der Waals surface area contributed by atoms with Crippen LogP contribution in [0.25, 0.3) is 0 Å². The van der Waals surface area contributed by atoms with Crippen LogP contribution in [0.5, 0.6) is 0 Å². The number of hydrogen-bond acceptors (Lipinski definition) is 4. The smallest absolute Gasteiger partial charge is 0.238 e. The van der Waals surface area contributed by atoms with E-state index in [0.29, 0.717) is 17.9 Å². The highest BCUT2D eigenvalue weighted by Gasteiger charge is 2.20. The summed E-state index contributed by atoms with van der Waals surface area (Å²) in [6, 6.07) is 6.60. The van der Waals surface area contributed by atoms with Crippen LogP contribution in [-0.4, -0.2) is 33.2 Å². The van der Waals surface area contributed by atoms with Crippen LogP contribution in [0.2, 0.25) is 0 Å². The summed E-state index contributed by atoms with van der Waals surface area (Å²) in [6.07, 6.45) is 2.51. The van der Waals surface area contributed by atoms with Gasteiger partial charge in [0.1, 0.15) is 0 Å². The Bertz CT molecular complexity index is 580. The van der Waals surface area contributed by atoms with Crippen molar-refractivity contribution in [3.63, 3.8) is 0 Å². The maximum atomic E-state index is 11.7. The van der Waals surface area contributed by atoms with Crippen molar-refractivity contribution < 1.29 is 13.2 Å². The van der Waals surface area contributed by atoms with Crippen molar-refractivity contribution in [3.05, 3.63) is 24.3 Å². The van der Waals surface area contributed by atoms with E-state index in [4.69, 9.17) is 0 Å². The third-order valence-corrected chi connectivity index (χ3v) is 4.54. The molecule has 1 amide bonds. The normalized spacial score (nSPS) is 14.7. The first-order valence-electron chi connectivity index (χ1n) is 7.09. The first kappa shape index (κ1) is 15.8. The maximum absolute atomic E-state index is 11.7. The van der Waals surface area contributed by atoms with E-state index in [1.807, 2.05) is 0 Å². The summed E-state index contributed by atoms with van der Waals surface area (Å²) in [4.78, 5) is 11.7. The predicted octanol–water partition coefficient (Wildman–Crippen LogP) is 1.39. The SMILES string of the molecule is CCS(=O)(=O)Nc1ccc(NC(=O)CNCC2CC2)cc1. The molecule has 0 aromatic heterocycles. The Morgan fingerprint density at radius 1 is 1.19 bits per heavy atom. The second-order valence-electron chi connectivity index (χ2n) is 5.21. The fourth-order valence-corrected chi connectivity index (χ4v) is 2.43. The van der Waals surface area contributed by atoms with Gasteiger partial charge in [-0.15, -0.1) is 0 Å². The topological polar surface area (TPSA) is 87.3 Å². The standard InChI is InChI=1S/C14H21N3O3S/c1-2-21(19,20)17-13-7-5-12(6-8-13)16-14(18)10-15-9-11-3-4-11/h5-8,11,15,17H,2-4,9-10H2,1H3,(H,16,18). The number of carbonyl (C=O) groups excluding carboxylic acids is 1. The molecule has 0 aliphatic heterocycles. The van der Waals surface area contributed by atoms with E-state index in [2.05, 4.69) is 15.4 Å². The van der Waals surface area contributed by atoms with Gasteiger partial charge in [-0.1, -0.05) is 0 Å². The Hall–Kier alpha value is -1.60. The lowest BCUT2D eigenvalue weighted by molar-refractivity contribution is -0.115. The van der Waals surface area contributed by atoms with Gasteiger partial charge in [0.2, 0.25) is 15.9 Å². The third-order valence-electron chi connectivity index (χ3n) is 3.24. The van der Waals surface area contributed by atoms with Crippen LogP contribution in [-0.2, 0) is 14.8 Å². The van der Waals surface area contributed by atoms with Gasteiger partial charge in [0.05, 0.1) is 12.3 Å². The van der Waals surface area contributed by atoms with Crippen molar-refractivity contribution in [2.75, 3.05) is 28.9 Å². The summed E-state index contributed by atoms with van der Waals surface area (Å²) >= 11 is 0. The summed E-state index contributed by atoms with van der Waals surface area (Å²) < 4.78 is 25.3. The lowest BCUT2D eigenvalue weighted by Crippen LogP contribution is -2.29.